The minimum atomic E-state index is 0.720. The summed E-state index contributed by atoms with van der Waals surface area (Å²) in [4.78, 5) is 2.73. The van der Waals surface area contributed by atoms with Crippen LogP contribution in [0.5, 0.6) is 0 Å². The molecule has 0 aromatic heterocycles. The maximum Gasteiger partial charge on any atom is 0.00901 e. The number of hydrogen-bond donors (Lipinski definition) is 1. The third-order valence-corrected chi connectivity index (χ3v) is 4.23. The Morgan fingerprint density at radius 1 is 0.950 bits per heavy atom. The highest BCUT2D eigenvalue weighted by Gasteiger charge is 2.16. The quantitative estimate of drug-likeness (QED) is 0.528. The second kappa shape index (κ2) is 12.6. The Labute approximate surface area is 128 Å². The van der Waals surface area contributed by atoms with Crippen molar-refractivity contribution in [3.05, 3.63) is 0 Å². The minimum Gasteiger partial charge on any atom is -0.314 e. The Kier molecular flexibility index (Phi) is 12.6. The van der Waals surface area contributed by atoms with E-state index in [9.17, 15) is 0 Å². The molecule has 0 heterocycles. The monoisotopic (exact) mass is 284 g/mol. The highest BCUT2D eigenvalue weighted by Crippen LogP contribution is 2.13. The first kappa shape index (κ1) is 19.9. The van der Waals surface area contributed by atoms with Gasteiger partial charge in [0.05, 0.1) is 0 Å². The molecule has 0 bridgehead atoms. The number of hydrogen-bond acceptors (Lipinski definition) is 2. The Morgan fingerprint density at radius 2 is 1.60 bits per heavy atom. The fourth-order valence-corrected chi connectivity index (χ4v) is 3.04. The van der Waals surface area contributed by atoms with Crippen LogP contribution in [0, 0.1) is 5.92 Å². The van der Waals surface area contributed by atoms with Crippen molar-refractivity contribution in [2.24, 2.45) is 5.92 Å². The smallest absolute Gasteiger partial charge is 0.00901 e. The highest BCUT2D eigenvalue weighted by atomic mass is 15.1. The molecule has 0 rings (SSSR count). The third kappa shape index (κ3) is 8.97. The molecule has 0 saturated carbocycles. The van der Waals surface area contributed by atoms with Gasteiger partial charge in [-0.15, -0.1) is 0 Å². The van der Waals surface area contributed by atoms with Crippen LogP contribution in [0.3, 0.4) is 0 Å². The first-order valence-electron chi connectivity index (χ1n) is 9.06. The third-order valence-electron chi connectivity index (χ3n) is 4.23. The van der Waals surface area contributed by atoms with E-state index in [0.29, 0.717) is 0 Å². The number of nitrogens with one attached hydrogen (secondary N) is 1. The molecule has 1 unspecified atom stereocenters. The molecule has 2 nitrogen and oxygen atoms in total. The molecule has 1 atom stereocenters. The zero-order valence-electron chi connectivity index (χ0n) is 15.0. The molecule has 0 radical (unpaired) electrons. The standard InChI is InChI=1S/C18H40N2/c1-7-13-19-17(8-2)12-11-14-20(15-16(5)6)18(9-3)10-4/h16-19H,7-15H2,1-6H3. The Bertz CT molecular complexity index is 200. The first-order chi connectivity index (χ1) is 9.58. The zero-order chi connectivity index (χ0) is 15.4. The summed E-state index contributed by atoms with van der Waals surface area (Å²) in [6, 6.07) is 1.50. The lowest BCUT2D eigenvalue weighted by atomic mass is 10.0. The average molecular weight is 285 g/mol. The van der Waals surface area contributed by atoms with E-state index in [4.69, 9.17) is 0 Å². The van der Waals surface area contributed by atoms with Crippen molar-refractivity contribution < 1.29 is 0 Å². The molecule has 0 aliphatic rings. The van der Waals surface area contributed by atoms with Gasteiger partial charge in [0.1, 0.15) is 0 Å². The van der Waals surface area contributed by atoms with Crippen molar-refractivity contribution in [2.75, 3.05) is 19.6 Å². The molecule has 1 N–H and O–H groups in total. The fourth-order valence-electron chi connectivity index (χ4n) is 3.04. The Morgan fingerprint density at radius 3 is 2.05 bits per heavy atom. The Hall–Kier alpha value is -0.0800. The summed E-state index contributed by atoms with van der Waals surface area (Å²) in [5, 5.41) is 3.67. The van der Waals surface area contributed by atoms with Gasteiger partial charge in [-0.2, -0.15) is 0 Å². The molecule has 0 aliphatic carbocycles. The van der Waals surface area contributed by atoms with Gasteiger partial charge in [0.2, 0.25) is 0 Å². The average Bonchev–Trinajstić information content (AvgIpc) is 2.43. The topological polar surface area (TPSA) is 15.3 Å². The van der Waals surface area contributed by atoms with E-state index < -0.39 is 0 Å². The summed E-state index contributed by atoms with van der Waals surface area (Å²) in [5.41, 5.74) is 0. The van der Waals surface area contributed by atoms with E-state index in [-0.39, 0.29) is 0 Å². The number of rotatable bonds is 13. The van der Waals surface area contributed by atoms with Crippen LogP contribution >= 0.6 is 0 Å². The van der Waals surface area contributed by atoms with Crippen LogP contribution in [-0.2, 0) is 0 Å². The Balaban J connectivity index is 4.16. The highest BCUT2D eigenvalue weighted by molar-refractivity contribution is 4.72. The van der Waals surface area contributed by atoms with E-state index in [1.165, 1.54) is 58.2 Å². The molecule has 0 spiro atoms. The molecule has 0 aliphatic heterocycles. The van der Waals surface area contributed by atoms with Crippen molar-refractivity contribution in [1.82, 2.24) is 10.2 Å². The largest absolute Gasteiger partial charge is 0.314 e. The summed E-state index contributed by atoms with van der Waals surface area (Å²) >= 11 is 0. The van der Waals surface area contributed by atoms with E-state index >= 15 is 0 Å². The summed E-state index contributed by atoms with van der Waals surface area (Å²) in [6.07, 6.45) is 7.73. The fraction of sp³-hybridized carbons (Fsp3) is 1.00. The summed E-state index contributed by atoms with van der Waals surface area (Å²) in [6.45, 7) is 17.6. The first-order valence-corrected chi connectivity index (χ1v) is 9.06. The lowest BCUT2D eigenvalue weighted by Gasteiger charge is -2.32. The van der Waals surface area contributed by atoms with Crippen LogP contribution in [-0.4, -0.2) is 36.6 Å². The van der Waals surface area contributed by atoms with Gasteiger partial charge in [-0.1, -0.05) is 41.5 Å². The minimum absolute atomic E-state index is 0.720. The van der Waals surface area contributed by atoms with Gasteiger partial charge in [-0.25, -0.2) is 0 Å². The number of nitrogens with zero attached hydrogens (tertiary/aromatic N) is 1. The molecule has 2 heteroatoms. The van der Waals surface area contributed by atoms with Gasteiger partial charge in [-0.3, -0.25) is 0 Å². The molecule has 0 saturated heterocycles. The second-order valence-electron chi connectivity index (χ2n) is 6.56. The molecule has 122 valence electrons. The van der Waals surface area contributed by atoms with E-state index in [2.05, 4.69) is 51.8 Å². The predicted molar refractivity (Wildman–Crippen MR) is 92.4 cm³/mol. The van der Waals surface area contributed by atoms with Gasteiger partial charge >= 0.3 is 0 Å². The summed E-state index contributed by atoms with van der Waals surface area (Å²) in [5.74, 6) is 0.774. The molecular formula is C18H40N2. The van der Waals surface area contributed by atoms with E-state index in [1.807, 2.05) is 0 Å². The molecule has 20 heavy (non-hydrogen) atoms. The lowest BCUT2D eigenvalue weighted by molar-refractivity contribution is 0.160. The van der Waals surface area contributed by atoms with Gasteiger partial charge in [0, 0.05) is 18.6 Å². The van der Waals surface area contributed by atoms with E-state index in [0.717, 1.165) is 18.0 Å². The predicted octanol–water partition coefficient (Wildman–Crippen LogP) is 4.69. The van der Waals surface area contributed by atoms with Gasteiger partial charge < -0.3 is 10.2 Å². The van der Waals surface area contributed by atoms with Gasteiger partial charge in [-0.05, 0) is 57.5 Å². The van der Waals surface area contributed by atoms with Crippen LogP contribution in [0.25, 0.3) is 0 Å². The van der Waals surface area contributed by atoms with Gasteiger partial charge in [0.25, 0.3) is 0 Å². The maximum absolute atomic E-state index is 3.67. The van der Waals surface area contributed by atoms with Gasteiger partial charge in [0.15, 0.2) is 0 Å². The molecular weight excluding hydrogens is 244 g/mol. The van der Waals surface area contributed by atoms with E-state index in [1.54, 1.807) is 0 Å². The maximum atomic E-state index is 3.67. The molecule has 0 fully saturated rings. The molecule has 0 amide bonds. The zero-order valence-corrected chi connectivity index (χ0v) is 15.0. The van der Waals surface area contributed by atoms with Crippen molar-refractivity contribution in [2.45, 2.75) is 92.2 Å². The normalized spacial score (nSPS) is 13.7. The van der Waals surface area contributed by atoms with Crippen LogP contribution < -0.4 is 5.32 Å². The summed E-state index contributed by atoms with van der Waals surface area (Å²) < 4.78 is 0. The van der Waals surface area contributed by atoms with Crippen LogP contribution in [0.1, 0.15) is 80.1 Å². The van der Waals surface area contributed by atoms with Crippen molar-refractivity contribution in [3.8, 4) is 0 Å². The lowest BCUT2D eigenvalue weighted by Crippen LogP contribution is -2.38. The van der Waals surface area contributed by atoms with Crippen molar-refractivity contribution >= 4 is 0 Å². The van der Waals surface area contributed by atoms with Crippen LogP contribution in [0.4, 0.5) is 0 Å². The molecule has 0 aromatic rings. The summed E-state index contributed by atoms with van der Waals surface area (Å²) in [7, 11) is 0. The van der Waals surface area contributed by atoms with Crippen molar-refractivity contribution in [1.29, 1.82) is 0 Å². The van der Waals surface area contributed by atoms with Crippen LogP contribution in [0.2, 0.25) is 0 Å². The van der Waals surface area contributed by atoms with Crippen LogP contribution in [0.15, 0.2) is 0 Å². The van der Waals surface area contributed by atoms with Crippen molar-refractivity contribution in [3.63, 3.8) is 0 Å². The molecule has 0 aromatic carbocycles. The second-order valence-corrected chi connectivity index (χ2v) is 6.56. The SMILES string of the molecule is CCCNC(CC)CCCN(CC(C)C)C(CC)CC.